The second-order valence-corrected chi connectivity index (χ2v) is 6.05. The first-order valence-corrected chi connectivity index (χ1v) is 8.35. The van der Waals surface area contributed by atoms with Gasteiger partial charge in [-0.2, -0.15) is 18.2 Å². The van der Waals surface area contributed by atoms with Gasteiger partial charge in [0, 0.05) is 5.56 Å². The number of alkyl halides is 3. The van der Waals surface area contributed by atoms with Crippen molar-refractivity contribution in [2.75, 3.05) is 5.06 Å². The number of hydrogen-bond acceptors (Lipinski definition) is 3. The topological polar surface area (TPSA) is 24.8 Å². The molecule has 1 heterocycles. The van der Waals surface area contributed by atoms with Crippen LogP contribution in [0.3, 0.4) is 0 Å². The zero-order chi connectivity index (χ0) is 18.9. The van der Waals surface area contributed by atoms with Gasteiger partial charge in [0.05, 0.1) is 11.3 Å². The maximum Gasteiger partial charge on any atom is 0.416 e. The Labute approximate surface area is 154 Å². The first-order valence-electron chi connectivity index (χ1n) is 8.35. The van der Waals surface area contributed by atoms with Gasteiger partial charge in [0.25, 0.3) is 5.90 Å². The molecule has 1 atom stereocenters. The third kappa shape index (κ3) is 3.51. The third-order valence-corrected chi connectivity index (χ3v) is 4.21. The molecule has 0 amide bonds. The highest BCUT2D eigenvalue weighted by Gasteiger charge is 2.33. The molecule has 27 heavy (non-hydrogen) atoms. The summed E-state index contributed by atoms with van der Waals surface area (Å²) >= 11 is 0. The summed E-state index contributed by atoms with van der Waals surface area (Å²) in [5, 5.41) is 1.60. The number of anilines is 1. The molecule has 1 aliphatic heterocycles. The lowest BCUT2D eigenvalue weighted by Gasteiger charge is -2.23. The number of halogens is 3. The Balaban J connectivity index is 1.72. The molecule has 0 bridgehead atoms. The van der Waals surface area contributed by atoms with E-state index in [0.717, 1.165) is 23.4 Å². The fraction of sp³-hybridized carbons (Fsp3) is 0.0952. The first kappa shape index (κ1) is 17.1. The molecule has 0 aliphatic carbocycles. The van der Waals surface area contributed by atoms with E-state index in [-0.39, 0.29) is 0 Å². The van der Waals surface area contributed by atoms with E-state index in [4.69, 9.17) is 4.84 Å². The number of nitrogens with zero attached hydrogens (tertiary/aromatic N) is 2. The summed E-state index contributed by atoms with van der Waals surface area (Å²) in [6, 6.07) is 23.7. The van der Waals surface area contributed by atoms with Crippen LogP contribution >= 0.6 is 0 Å². The number of rotatable bonds is 3. The van der Waals surface area contributed by atoms with Gasteiger partial charge >= 0.3 is 6.18 Å². The molecule has 3 aromatic rings. The summed E-state index contributed by atoms with van der Waals surface area (Å²) in [7, 11) is 0. The third-order valence-electron chi connectivity index (χ3n) is 4.21. The Hall–Kier alpha value is -3.28. The fourth-order valence-electron chi connectivity index (χ4n) is 2.86. The molecule has 0 radical (unpaired) electrons. The van der Waals surface area contributed by atoms with Crippen molar-refractivity contribution in [3.63, 3.8) is 0 Å². The van der Waals surface area contributed by atoms with Gasteiger partial charge in [0.15, 0.2) is 6.17 Å². The number of para-hydroxylation sites is 1. The van der Waals surface area contributed by atoms with E-state index < -0.39 is 17.9 Å². The van der Waals surface area contributed by atoms with E-state index in [2.05, 4.69) is 4.99 Å². The summed E-state index contributed by atoms with van der Waals surface area (Å²) < 4.78 is 38.6. The summed E-state index contributed by atoms with van der Waals surface area (Å²) in [6.45, 7) is 0. The molecule has 0 saturated heterocycles. The van der Waals surface area contributed by atoms with Gasteiger partial charge in [-0.3, -0.25) is 0 Å². The van der Waals surface area contributed by atoms with Crippen molar-refractivity contribution in [3.8, 4) is 0 Å². The van der Waals surface area contributed by atoms with Crippen molar-refractivity contribution < 1.29 is 18.0 Å². The van der Waals surface area contributed by atoms with Crippen LogP contribution in [-0.4, -0.2) is 5.90 Å². The summed E-state index contributed by atoms with van der Waals surface area (Å²) in [6.07, 6.45) is -4.95. The molecular weight excluding hydrogens is 353 g/mol. The Morgan fingerprint density at radius 1 is 0.778 bits per heavy atom. The second-order valence-electron chi connectivity index (χ2n) is 6.05. The van der Waals surface area contributed by atoms with Gasteiger partial charge in [-0.1, -0.05) is 48.5 Å². The van der Waals surface area contributed by atoms with Crippen LogP contribution in [0, 0.1) is 0 Å². The fourth-order valence-corrected chi connectivity index (χ4v) is 2.86. The number of benzene rings is 3. The van der Waals surface area contributed by atoms with Crippen molar-refractivity contribution >= 4 is 11.6 Å². The second kappa shape index (κ2) is 6.79. The minimum absolute atomic E-state index is 0.421. The van der Waals surface area contributed by atoms with E-state index in [1.807, 2.05) is 60.7 Å². The standard InChI is InChI=1S/C21H15F3N2O/c22-21(23,24)17-13-11-15(12-14-17)19-25-20(16-7-3-1-4-8-16)27-26(19)18-9-5-2-6-10-18/h1-14,19H. The molecule has 0 aromatic heterocycles. The molecule has 3 aromatic carbocycles. The molecule has 3 nitrogen and oxygen atoms in total. The summed E-state index contributed by atoms with van der Waals surface area (Å²) in [5.74, 6) is 0.421. The van der Waals surface area contributed by atoms with Gasteiger partial charge < -0.3 is 4.84 Å². The normalized spacial score (nSPS) is 16.8. The first-order chi connectivity index (χ1) is 13.0. The molecule has 1 unspecified atom stereocenters. The molecule has 6 heteroatoms. The minimum atomic E-state index is -4.37. The van der Waals surface area contributed by atoms with Crippen LogP contribution < -0.4 is 5.06 Å². The largest absolute Gasteiger partial charge is 0.416 e. The van der Waals surface area contributed by atoms with Crippen LogP contribution in [-0.2, 0) is 11.0 Å². The molecular formula is C21H15F3N2O. The minimum Gasteiger partial charge on any atom is -0.356 e. The Kier molecular flexibility index (Phi) is 4.32. The molecule has 0 saturated carbocycles. The summed E-state index contributed by atoms with van der Waals surface area (Å²) in [4.78, 5) is 10.6. The zero-order valence-electron chi connectivity index (χ0n) is 14.1. The SMILES string of the molecule is FC(F)(F)c1ccc(C2N=C(c3ccccc3)ON2c2ccccc2)cc1. The quantitative estimate of drug-likeness (QED) is 0.601. The van der Waals surface area contributed by atoms with Crippen molar-refractivity contribution in [1.29, 1.82) is 0 Å². The van der Waals surface area contributed by atoms with Gasteiger partial charge in [-0.25, -0.2) is 4.99 Å². The van der Waals surface area contributed by atoms with E-state index in [1.165, 1.54) is 12.1 Å². The van der Waals surface area contributed by atoms with Crippen molar-refractivity contribution in [2.45, 2.75) is 12.3 Å². The van der Waals surface area contributed by atoms with Crippen LogP contribution in [0.1, 0.15) is 22.9 Å². The van der Waals surface area contributed by atoms with E-state index >= 15 is 0 Å². The zero-order valence-corrected chi connectivity index (χ0v) is 14.1. The average molecular weight is 368 g/mol. The maximum absolute atomic E-state index is 12.9. The Bertz CT molecular complexity index is 939. The predicted octanol–water partition coefficient (Wildman–Crippen LogP) is 5.60. The molecule has 0 spiro atoms. The number of hydrogen-bond donors (Lipinski definition) is 0. The van der Waals surface area contributed by atoms with Crippen LogP contribution in [0.2, 0.25) is 0 Å². The van der Waals surface area contributed by atoms with Gasteiger partial charge in [-0.15, -0.1) is 0 Å². The highest BCUT2D eigenvalue weighted by Crippen LogP contribution is 2.36. The molecule has 4 rings (SSSR count). The molecule has 0 fully saturated rings. The monoisotopic (exact) mass is 368 g/mol. The van der Waals surface area contributed by atoms with E-state index in [9.17, 15) is 13.2 Å². The summed E-state index contributed by atoms with van der Waals surface area (Å²) in [5.41, 5.74) is 1.48. The van der Waals surface area contributed by atoms with Crippen LogP contribution in [0.5, 0.6) is 0 Å². The van der Waals surface area contributed by atoms with Gasteiger partial charge in [0.1, 0.15) is 0 Å². The van der Waals surface area contributed by atoms with Crippen molar-refractivity contribution in [3.05, 3.63) is 102 Å². The highest BCUT2D eigenvalue weighted by molar-refractivity contribution is 5.96. The molecule has 136 valence electrons. The van der Waals surface area contributed by atoms with Gasteiger partial charge in [0.2, 0.25) is 0 Å². The van der Waals surface area contributed by atoms with Crippen LogP contribution in [0.15, 0.2) is 89.9 Å². The highest BCUT2D eigenvalue weighted by atomic mass is 19.4. The average Bonchev–Trinajstić information content (AvgIpc) is 3.14. The van der Waals surface area contributed by atoms with Crippen LogP contribution in [0.25, 0.3) is 0 Å². The molecule has 0 N–H and O–H groups in total. The molecule has 1 aliphatic rings. The van der Waals surface area contributed by atoms with Crippen molar-refractivity contribution in [2.24, 2.45) is 4.99 Å². The lowest BCUT2D eigenvalue weighted by atomic mass is 10.1. The maximum atomic E-state index is 12.9. The Morgan fingerprint density at radius 3 is 1.96 bits per heavy atom. The van der Waals surface area contributed by atoms with Crippen molar-refractivity contribution in [1.82, 2.24) is 0 Å². The van der Waals surface area contributed by atoms with E-state index in [1.54, 1.807) is 5.06 Å². The smallest absolute Gasteiger partial charge is 0.356 e. The predicted molar refractivity (Wildman–Crippen MR) is 97.2 cm³/mol. The van der Waals surface area contributed by atoms with E-state index in [0.29, 0.717) is 11.5 Å². The number of hydroxylamine groups is 1. The van der Waals surface area contributed by atoms with Crippen LogP contribution in [0.4, 0.5) is 18.9 Å². The number of aliphatic imine (C=N–C) groups is 1. The van der Waals surface area contributed by atoms with Gasteiger partial charge in [-0.05, 0) is 42.0 Å². The lowest BCUT2D eigenvalue weighted by molar-refractivity contribution is -0.137. The Morgan fingerprint density at radius 2 is 1.37 bits per heavy atom. The lowest BCUT2D eigenvalue weighted by Crippen LogP contribution is -2.23.